The van der Waals surface area contributed by atoms with E-state index in [0.29, 0.717) is 31.6 Å². The van der Waals surface area contributed by atoms with Crippen LogP contribution in [-0.2, 0) is 26.1 Å². The van der Waals surface area contributed by atoms with Gasteiger partial charge in [-0.05, 0) is 63.0 Å². The lowest BCUT2D eigenvalue weighted by Crippen LogP contribution is -2.37. The maximum atomic E-state index is 13.4. The Morgan fingerprint density at radius 3 is 2.84 bits per heavy atom. The van der Waals surface area contributed by atoms with E-state index in [0.717, 1.165) is 22.3 Å². The van der Waals surface area contributed by atoms with Crippen molar-refractivity contribution < 1.29 is 23.1 Å². The molecule has 4 rings (SSSR count). The van der Waals surface area contributed by atoms with Crippen molar-refractivity contribution in [2.45, 2.75) is 57.4 Å². The number of pyridine rings is 1. The highest BCUT2D eigenvalue weighted by molar-refractivity contribution is 7.89. The van der Waals surface area contributed by atoms with E-state index in [1.807, 2.05) is 45.2 Å². The van der Waals surface area contributed by atoms with Gasteiger partial charge in [-0.15, -0.1) is 0 Å². The molecule has 0 bridgehead atoms. The van der Waals surface area contributed by atoms with Crippen molar-refractivity contribution in [3.8, 4) is 0 Å². The molecule has 0 spiro atoms. The van der Waals surface area contributed by atoms with E-state index < -0.39 is 21.2 Å². The zero-order valence-electron chi connectivity index (χ0n) is 18.6. The number of allylic oxidation sites excluding steroid dienone is 2. The summed E-state index contributed by atoms with van der Waals surface area (Å²) in [6.07, 6.45) is 8.24. The Morgan fingerprint density at radius 1 is 1.38 bits per heavy atom. The van der Waals surface area contributed by atoms with Crippen LogP contribution in [0.3, 0.4) is 0 Å². The predicted octanol–water partition coefficient (Wildman–Crippen LogP) is 3.27. The first kappa shape index (κ1) is 22.5. The van der Waals surface area contributed by atoms with Crippen molar-refractivity contribution in [1.82, 2.24) is 13.9 Å². The summed E-state index contributed by atoms with van der Waals surface area (Å²) < 4.78 is 35.7. The van der Waals surface area contributed by atoms with Crippen LogP contribution in [0, 0.1) is 0 Å². The van der Waals surface area contributed by atoms with Crippen LogP contribution in [0.4, 0.5) is 0 Å². The standard InChI is InChI=1S/C23H29N3O5S/c1-15(2)31-21-7-6-18(11-16(21)3)32(29,30)26-10-8-17(12-26)20-13-25(14-22(27)28)23-19(20)5-4-9-24-23/h4-5,7,9,11,13,15,17-18H,6,8,10,12,14H2,1-3H3,(H,27,28). The number of carboxylic acid groups (broad SMARTS) is 1. The number of hydrogen-bond acceptors (Lipinski definition) is 5. The molecule has 2 aliphatic rings. The second-order valence-electron chi connectivity index (χ2n) is 8.73. The quantitative estimate of drug-likeness (QED) is 0.682. The zero-order valence-corrected chi connectivity index (χ0v) is 19.4. The smallest absolute Gasteiger partial charge is 0.323 e. The van der Waals surface area contributed by atoms with E-state index in [2.05, 4.69) is 4.98 Å². The van der Waals surface area contributed by atoms with Gasteiger partial charge in [0, 0.05) is 36.8 Å². The summed E-state index contributed by atoms with van der Waals surface area (Å²) in [7, 11) is -3.51. The molecule has 1 aliphatic carbocycles. The Kier molecular flexibility index (Phi) is 6.13. The molecule has 9 heteroatoms. The molecule has 2 atom stereocenters. The molecule has 1 fully saturated rings. The highest BCUT2D eigenvalue weighted by atomic mass is 32.2. The topological polar surface area (TPSA) is 102 Å². The van der Waals surface area contributed by atoms with Crippen LogP contribution >= 0.6 is 0 Å². The lowest BCUT2D eigenvalue weighted by Gasteiger charge is -2.26. The van der Waals surface area contributed by atoms with E-state index in [9.17, 15) is 18.3 Å². The number of carbonyl (C=O) groups is 1. The molecule has 3 heterocycles. The van der Waals surface area contributed by atoms with Gasteiger partial charge in [-0.2, -0.15) is 0 Å². The minimum Gasteiger partial charge on any atom is -0.491 e. The predicted molar refractivity (Wildman–Crippen MR) is 122 cm³/mol. The number of carboxylic acids is 1. The molecule has 1 N–H and O–H groups in total. The molecule has 1 saturated heterocycles. The van der Waals surface area contributed by atoms with Crippen LogP contribution in [-0.4, -0.2) is 57.8 Å². The van der Waals surface area contributed by atoms with E-state index in [-0.39, 0.29) is 18.6 Å². The fourth-order valence-corrected chi connectivity index (χ4v) is 6.41. The average molecular weight is 460 g/mol. The Labute approximate surface area is 188 Å². The highest BCUT2D eigenvalue weighted by Gasteiger charge is 2.38. The normalized spacial score (nSPS) is 22.2. The highest BCUT2D eigenvalue weighted by Crippen LogP contribution is 2.36. The van der Waals surface area contributed by atoms with E-state index in [1.54, 1.807) is 21.1 Å². The van der Waals surface area contributed by atoms with Crippen molar-refractivity contribution in [2.24, 2.45) is 0 Å². The van der Waals surface area contributed by atoms with E-state index in [1.165, 1.54) is 0 Å². The molecule has 0 radical (unpaired) electrons. The first-order valence-electron chi connectivity index (χ1n) is 10.9. The molecule has 0 amide bonds. The average Bonchev–Trinajstić information content (AvgIpc) is 3.35. The summed E-state index contributed by atoms with van der Waals surface area (Å²) in [5, 5.41) is 9.51. The molecule has 2 unspecified atom stereocenters. The van der Waals surface area contributed by atoms with Gasteiger partial charge < -0.3 is 14.4 Å². The first-order valence-corrected chi connectivity index (χ1v) is 12.4. The molecule has 2 aromatic heterocycles. The second kappa shape index (κ2) is 8.71. The summed E-state index contributed by atoms with van der Waals surface area (Å²) in [5.74, 6) is -0.192. The van der Waals surface area contributed by atoms with Gasteiger partial charge >= 0.3 is 5.97 Å². The minimum absolute atomic E-state index is 0.00411. The molecule has 32 heavy (non-hydrogen) atoms. The lowest BCUT2D eigenvalue weighted by molar-refractivity contribution is -0.137. The fraction of sp³-hybridized carbons (Fsp3) is 0.478. The van der Waals surface area contributed by atoms with Crippen LogP contribution in [0.2, 0.25) is 0 Å². The maximum Gasteiger partial charge on any atom is 0.323 e. The van der Waals surface area contributed by atoms with Gasteiger partial charge in [-0.3, -0.25) is 4.79 Å². The molecule has 172 valence electrons. The van der Waals surface area contributed by atoms with Crippen LogP contribution in [0.25, 0.3) is 11.0 Å². The van der Waals surface area contributed by atoms with Crippen molar-refractivity contribution >= 4 is 27.0 Å². The van der Waals surface area contributed by atoms with Crippen LogP contribution in [0.5, 0.6) is 0 Å². The number of sulfonamides is 1. The summed E-state index contributed by atoms with van der Waals surface area (Å²) in [5.41, 5.74) is 2.41. The monoisotopic (exact) mass is 459 g/mol. The van der Waals surface area contributed by atoms with Gasteiger partial charge in [-0.1, -0.05) is 6.08 Å². The van der Waals surface area contributed by atoms with Crippen LogP contribution in [0.15, 0.2) is 48.0 Å². The number of nitrogens with zero attached hydrogens (tertiary/aromatic N) is 3. The Balaban J connectivity index is 1.54. The molecule has 8 nitrogen and oxygen atoms in total. The Morgan fingerprint density at radius 2 is 2.16 bits per heavy atom. The third-order valence-electron chi connectivity index (χ3n) is 6.03. The summed E-state index contributed by atoms with van der Waals surface area (Å²) >= 11 is 0. The third-order valence-corrected chi connectivity index (χ3v) is 8.17. The van der Waals surface area contributed by atoms with Gasteiger partial charge in [0.1, 0.15) is 18.0 Å². The molecule has 0 aromatic carbocycles. The van der Waals surface area contributed by atoms with Crippen molar-refractivity contribution in [2.75, 3.05) is 13.1 Å². The SMILES string of the molecule is CC1=CC(S(=O)(=O)N2CCC(c3cn(CC(=O)O)c4ncccc34)C2)CC=C1OC(C)C. The van der Waals surface area contributed by atoms with E-state index >= 15 is 0 Å². The zero-order chi connectivity index (χ0) is 23.0. The number of aliphatic carboxylic acids is 1. The van der Waals surface area contributed by atoms with E-state index in [4.69, 9.17) is 4.74 Å². The molecule has 2 aromatic rings. The first-order chi connectivity index (χ1) is 15.2. The summed E-state index contributed by atoms with van der Waals surface area (Å²) in [6.45, 7) is 6.43. The maximum absolute atomic E-state index is 13.4. The molecular formula is C23H29N3O5S. The molecule has 1 aliphatic heterocycles. The molecule has 0 saturated carbocycles. The van der Waals surface area contributed by atoms with Crippen molar-refractivity contribution in [3.05, 3.63) is 53.6 Å². The number of fused-ring (bicyclic) bond motifs is 1. The number of ether oxygens (including phenoxy) is 1. The molecular weight excluding hydrogens is 430 g/mol. The van der Waals surface area contributed by atoms with Crippen molar-refractivity contribution in [1.29, 1.82) is 0 Å². The largest absolute Gasteiger partial charge is 0.491 e. The Bertz CT molecular complexity index is 1200. The number of aromatic nitrogens is 2. The number of rotatable bonds is 7. The minimum atomic E-state index is -3.51. The summed E-state index contributed by atoms with van der Waals surface area (Å²) in [6, 6.07) is 3.74. The van der Waals surface area contributed by atoms with Gasteiger partial charge in [0.2, 0.25) is 10.0 Å². The van der Waals surface area contributed by atoms with Gasteiger partial charge in [0.15, 0.2) is 0 Å². The third kappa shape index (κ3) is 4.31. The van der Waals surface area contributed by atoms with Gasteiger partial charge in [0.25, 0.3) is 0 Å². The Hall–Kier alpha value is -2.65. The van der Waals surface area contributed by atoms with Gasteiger partial charge in [0.05, 0.1) is 11.4 Å². The summed E-state index contributed by atoms with van der Waals surface area (Å²) in [4.78, 5) is 15.6. The fourth-order valence-electron chi connectivity index (χ4n) is 4.56. The number of hydrogen-bond donors (Lipinski definition) is 1. The van der Waals surface area contributed by atoms with Crippen molar-refractivity contribution in [3.63, 3.8) is 0 Å². The second-order valence-corrected chi connectivity index (χ2v) is 10.9. The van der Waals surface area contributed by atoms with Crippen LogP contribution < -0.4 is 0 Å². The van der Waals surface area contributed by atoms with Gasteiger partial charge in [-0.25, -0.2) is 17.7 Å². The lowest BCUT2D eigenvalue weighted by atomic mass is 9.99. The van der Waals surface area contributed by atoms with Crippen LogP contribution in [0.1, 0.15) is 45.1 Å².